The van der Waals surface area contributed by atoms with E-state index in [1.165, 1.54) is 25.7 Å². The molecule has 5 nitrogen and oxygen atoms in total. The molecule has 0 aromatic carbocycles. The Labute approximate surface area is 134 Å². The molecule has 128 valence electrons. The number of urea groups is 1. The van der Waals surface area contributed by atoms with Crippen LogP contribution in [0.5, 0.6) is 0 Å². The highest BCUT2D eigenvalue weighted by atomic mass is 16.3. The van der Waals surface area contributed by atoms with Crippen LogP contribution in [-0.2, 0) is 0 Å². The fourth-order valence-electron chi connectivity index (χ4n) is 3.93. The minimum Gasteiger partial charge on any atom is -0.393 e. The van der Waals surface area contributed by atoms with Crippen molar-refractivity contribution in [2.75, 3.05) is 19.6 Å². The van der Waals surface area contributed by atoms with Crippen molar-refractivity contribution in [3.05, 3.63) is 0 Å². The molecule has 2 amide bonds. The number of aliphatic hydroxyl groups excluding tert-OH is 1. The van der Waals surface area contributed by atoms with Gasteiger partial charge < -0.3 is 15.7 Å². The van der Waals surface area contributed by atoms with Gasteiger partial charge in [0.2, 0.25) is 0 Å². The lowest BCUT2D eigenvalue weighted by Gasteiger charge is -2.27. The van der Waals surface area contributed by atoms with Gasteiger partial charge in [0.05, 0.1) is 6.10 Å². The second-order valence-corrected chi connectivity index (χ2v) is 7.96. The highest BCUT2D eigenvalue weighted by molar-refractivity contribution is 5.74. The highest BCUT2D eigenvalue weighted by Crippen LogP contribution is 2.26. The van der Waals surface area contributed by atoms with Crippen LogP contribution in [0.3, 0.4) is 0 Å². The molecule has 2 atom stereocenters. The van der Waals surface area contributed by atoms with Gasteiger partial charge in [0.25, 0.3) is 0 Å². The Morgan fingerprint density at radius 2 is 2.00 bits per heavy atom. The summed E-state index contributed by atoms with van der Waals surface area (Å²) in [6, 6.07) is 0.956. The van der Waals surface area contributed by atoms with Crippen molar-refractivity contribution >= 4 is 6.03 Å². The SMILES string of the molecule is CC(O)CC(C)(C)CNC(=O)NC1CCN(C2CCCC2)C1. The molecular weight excluding hydrogens is 278 g/mol. The standard InChI is InChI=1S/C17H33N3O2/c1-13(21)10-17(2,3)12-18-16(22)19-14-8-9-20(11-14)15-6-4-5-7-15/h13-15,21H,4-12H2,1-3H3,(H2,18,19,22). The van der Waals surface area contributed by atoms with Crippen LogP contribution in [0.4, 0.5) is 4.79 Å². The summed E-state index contributed by atoms with van der Waals surface area (Å²) in [5, 5.41) is 15.5. The van der Waals surface area contributed by atoms with Gasteiger partial charge >= 0.3 is 6.03 Å². The Bertz CT molecular complexity index is 365. The second kappa shape index (κ2) is 7.64. The van der Waals surface area contributed by atoms with Crippen molar-refractivity contribution in [3.63, 3.8) is 0 Å². The largest absolute Gasteiger partial charge is 0.393 e. The molecule has 1 aliphatic carbocycles. The predicted octanol–water partition coefficient (Wildman–Crippen LogP) is 2.10. The summed E-state index contributed by atoms with van der Waals surface area (Å²) >= 11 is 0. The van der Waals surface area contributed by atoms with Crippen LogP contribution >= 0.6 is 0 Å². The monoisotopic (exact) mass is 311 g/mol. The summed E-state index contributed by atoms with van der Waals surface area (Å²) in [4.78, 5) is 14.6. The lowest BCUT2D eigenvalue weighted by Crippen LogP contribution is -2.46. The molecule has 0 aromatic rings. The number of nitrogens with one attached hydrogen (secondary N) is 2. The number of nitrogens with zero attached hydrogens (tertiary/aromatic N) is 1. The van der Waals surface area contributed by atoms with Crippen LogP contribution in [0.1, 0.15) is 59.3 Å². The molecule has 0 spiro atoms. The summed E-state index contributed by atoms with van der Waals surface area (Å²) < 4.78 is 0. The zero-order valence-corrected chi connectivity index (χ0v) is 14.4. The number of hydrogen-bond acceptors (Lipinski definition) is 3. The van der Waals surface area contributed by atoms with E-state index in [-0.39, 0.29) is 23.6 Å². The van der Waals surface area contributed by atoms with Crippen LogP contribution in [0.15, 0.2) is 0 Å². The lowest BCUT2D eigenvalue weighted by atomic mass is 9.87. The molecule has 22 heavy (non-hydrogen) atoms. The van der Waals surface area contributed by atoms with Gasteiger partial charge in [-0.15, -0.1) is 0 Å². The number of hydrogen-bond donors (Lipinski definition) is 3. The maximum atomic E-state index is 12.1. The average molecular weight is 311 g/mol. The Morgan fingerprint density at radius 3 is 2.64 bits per heavy atom. The Balaban J connectivity index is 1.67. The molecule has 0 aromatic heterocycles. The van der Waals surface area contributed by atoms with E-state index in [0.29, 0.717) is 13.0 Å². The summed E-state index contributed by atoms with van der Waals surface area (Å²) in [5.74, 6) is 0. The Morgan fingerprint density at radius 1 is 1.32 bits per heavy atom. The first-order valence-corrected chi connectivity index (χ1v) is 8.82. The molecular formula is C17H33N3O2. The third-order valence-corrected chi connectivity index (χ3v) is 4.97. The van der Waals surface area contributed by atoms with Crippen molar-refractivity contribution in [2.24, 2.45) is 5.41 Å². The van der Waals surface area contributed by atoms with Crippen LogP contribution in [0.25, 0.3) is 0 Å². The summed E-state index contributed by atoms with van der Waals surface area (Å²) in [7, 11) is 0. The van der Waals surface area contributed by atoms with Gasteiger partial charge in [0.15, 0.2) is 0 Å². The van der Waals surface area contributed by atoms with Gasteiger partial charge in [-0.2, -0.15) is 0 Å². The first-order valence-electron chi connectivity index (χ1n) is 8.82. The van der Waals surface area contributed by atoms with E-state index in [4.69, 9.17) is 0 Å². The Kier molecular flexibility index (Phi) is 6.09. The van der Waals surface area contributed by atoms with E-state index in [2.05, 4.69) is 29.4 Å². The quantitative estimate of drug-likeness (QED) is 0.704. The number of aliphatic hydroxyl groups is 1. The molecule has 2 unspecified atom stereocenters. The number of carbonyl (C=O) groups is 1. The molecule has 0 radical (unpaired) electrons. The number of amides is 2. The highest BCUT2D eigenvalue weighted by Gasteiger charge is 2.30. The van der Waals surface area contributed by atoms with Gasteiger partial charge in [-0.3, -0.25) is 4.90 Å². The number of likely N-dealkylation sites (tertiary alicyclic amines) is 1. The van der Waals surface area contributed by atoms with Crippen LogP contribution in [0, 0.1) is 5.41 Å². The first kappa shape index (κ1) is 17.5. The van der Waals surface area contributed by atoms with Crippen LogP contribution < -0.4 is 10.6 Å². The van der Waals surface area contributed by atoms with Gasteiger partial charge in [-0.25, -0.2) is 4.79 Å². The van der Waals surface area contributed by atoms with Gasteiger partial charge in [0.1, 0.15) is 0 Å². The van der Waals surface area contributed by atoms with Crippen molar-refractivity contribution in [1.29, 1.82) is 0 Å². The van der Waals surface area contributed by atoms with E-state index in [0.717, 1.165) is 25.6 Å². The molecule has 1 saturated heterocycles. The molecule has 2 aliphatic rings. The molecule has 1 aliphatic heterocycles. The van der Waals surface area contributed by atoms with E-state index < -0.39 is 0 Å². The predicted molar refractivity (Wildman–Crippen MR) is 88.8 cm³/mol. The zero-order chi connectivity index (χ0) is 16.2. The molecule has 3 N–H and O–H groups in total. The van der Waals surface area contributed by atoms with Crippen molar-refractivity contribution in [1.82, 2.24) is 15.5 Å². The number of carbonyl (C=O) groups excluding carboxylic acids is 1. The summed E-state index contributed by atoms with van der Waals surface area (Å²) in [5.41, 5.74) is -0.0862. The fraction of sp³-hybridized carbons (Fsp3) is 0.941. The van der Waals surface area contributed by atoms with E-state index in [9.17, 15) is 9.90 Å². The normalized spacial score (nSPS) is 25.4. The van der Waals surface area contributed by atoms with E-state index in [1.54, 1.807) is 6.92 Å². The average Bonchev–Trinajstić information content (AvgIpc) is 3.05. The maximum Gasteiger partial charge on any atom is 0.315 e. The number of rotatable bonds is 6. The minimum atomic E-state index is -0.338. The maximum absolute atomic E-state index is 12.1. The van der Waals surface area contributed by atoms with E-state index >= 15 is 0 Å². The molecule has 2 rings (SSSR count). The molecule has 0 bridgehead atoms. The smallest absolute Gasteiger partial charge is 0.315 e. The molecule has 1 saturated carbocycles. The summed E-state index contributed by atoms with van der Waals surface area (Å²) in [6.45, 7) is 8.62. The lowest BCUT2D eigenvalue weighted by molar-refractivity contribution is 0.128. The summed E-state index contributed by atoms with van der Waals surface area (Å²) in [6.07, 6.45) is 6.78. The van der Waals surface area contributed by atoms with Crippen LogP contribution in [-0.4, -0.2) is 53.9 Å². The van der Waals surface area contributed by atoms with Gasteiger partial charge in [0, 0.05) is 31.7 Å². The fourth-order valence-corrected chi connectivity index (χ4v) is 3.93. The minimum absolute atomic E-state index is 0.0723. The van der Waals surface area contributed by atoms with Crippen molar-refractivity contribution in [3.8, 4) is 0 Å². The molecule has 5 heteroatoms. The van der Waals surface area contributed by atoms with Crippen molar-refractivity contribution < 1.29 is 9.90 Å². The van der Waals surface area contributed by atoms with Crippen molar-refractivity contribution in [2.45, 2.75) is 77.5 Å². The third kappa shape index (κ3) is 5.43. The third-order valence-electron chi connectivity index (χ3n) is 4.97. The second-order valence-electron chi connectivity index (χ2n) is 7.96. The van der Waals surface area contributed by atoms with Gasteiger partial charge in [-0.1, -0.05) is 26.7 Å². The van der Waals surface area contributed by atoms with Crippen LogP contribution in [0.2, 0.25) is 0 Å². The topological polar surface area (TPSA) is 64.6 Å². The molecule has 1 heterocycles. The zero-order valence-electron chi connectivity index (χ0n) is 14.4. The molecule has 2 fully saturated rings. The van der Waals surface area contributed by atoms with E-state index in [1.807, 2.05) is 0 Å². The Hall–Kier alpha value is -0.810. The van der Waals surface area contributed by atoms with Gasteiger partial charge in [-0.05, 0) is 38.0 Å². The first-order chi connectivity index (χ1) is 10.4.